The van der Waals surface area contributed by atoms with Crippen LogP contribution in [0.1, 0.15) is 24.8 Å². The highest BCUT2D eigenvalue weighted by Gasteiger charge is 2.60. The van der Waals surface area contributed by atoms with Gasteiger partial charge in [-0.1, -0.05) is 55.1 Å². The van der Waals surface area contributed by atoms with Gasteiger partial charge in [0, 0.05) is 5.56 Å². The Balaban J connectivity index is 1.64. The summed E-state index contributed by atoms with van der Waals surface area (Å²) in [6.07, 6.45) is 4.08. The average molecular weight is 425 g/mol. The molecule has 6 heteroatoms. The molecule has 1 saturated heterocycles. The number of pyridine rings is 1. The smallest absolute Gasteiger partial charge is 0.272 e. The van der Waals surface area contributed by atoms with Crippen molar-refractivity contribution in [3.8, 4) is 11.1 Å². The summed E-state index contributed by atoms with van der Waals surface area (Å²) in [5.74, 6) is 0.328. The van der Waals surface area contributed by atoms with Gasteiger partial charge in [-0.3, -0.25) is 9.69 Å². The molecule has 31 heavy (non-hydrogen) atoms. The minimum atomic E-state index is -0.658. The first-order valence-electron chi connectivity index (χ1n) is 10.2. The van der Waals surface area contributed by atoms with Crippen molar-refractivity contribution in [2.45, 2.75) is 31.7 Å². The number of hydrogen-bond acceptors (Lipinski definition) is 3. The van der Waals surface area contributed by atoms with E-state index < -0.39 is 5.54 Å². The normalized spacial score (nSPS) is 17.0. The number of nitrogens with zero attached hydrogens (tertiary/aromatic N) is 4. The molecule has 1 saturated carbocycles. The van der Waals surface area contributed by atoms with E-state index in [1.807, 2.05) is 49.4 Å². The van der Waals surface area contributed by atoms with E-state index in [9.17, 15) is 4.79 Å². The molecule has 2 aromatic carbocycles. The highest BCUT2D eigenvalue weighted by Crippen LogP contribution is 2.49. The van der Waals surface area contributed by atoms with Crippen molar-refractivity contribution in [1.82, 2.24) is 4.98 Å². The zero-order valence-electron chi connectivity index (χ0n) is 17.1. The van der Waals surface area contributed by atoms with Gasteiger partial charge in [-0.15, -0.1) is 4.98 Å². The molecule has 0 unspecified atom stereocenters. The van der Waals surface area contributed by atoms with Gasteiger partial charge in [0.05, 0.1) is 11.4 Å². The fraction of sp³-hybridized carbons (Fsp3) is 0.200. The van der Waals surface area contributed by atoms with Crippen molar-refractivity contribution in [2.75, 3.05) is 9.80 Å². The van der Waals surface area contributed by atoms with Crippen LogP contribution in [0.2, 0.25) is 0 Å². The Bertz CT molecular complexity index is 1240. The number of aromatic nitrogens is 1. The molecular formula is C25H20N4OS. The Hall–Kier alpha value is -3.56. The number of thiocarbonyl (C=S) groups is 1. The van der Waals surface area contributed by atoms with Gasteiger partial charge in [0.1, 0.15) is 11.7 Å². The van der Waals surface area contributed by atoms with Gasteiger partial charge in [-0.25, -0.2) is 0 Å². The van der Waals surface area contributed by atoms with E-state index in [1.165, 1.54) is 0 Å². The fourth-order valence-corrected chi connectivity index (χ4v) is 4.97. The van der Waals surface area contributed by atoms with E-state index in [1.54, 1.807) is 11.1 Å². The van der Waals surface area contributed by atoms with Crippen LogP contribution in [-0.2, 0) is 4.79 Å². The number of benzene rings is 2. The molecule has 3 aromatic rings. The van der Waals surface area contributed by atoms with Crippen LogP contribution in [0.4, 0.5) is 17.2 Å². The van der Waals surface area contributed by atoms with Gasteiger partial charge in [0.2, 0.25) is 0 Å². The van der Waals surface area contributed by atoms with Gasteiger partial charge < -0.3 is 9.74 Å². The number of anilines is 2. The number of carbonyl (C=O) groups excluding carboxylic acids is 1. The minimum Gasteiger partial charge on any atom is -0.360 e. The highest BCUT2D eigenvalue weighted by molar-refractivity contribution is 7.81. The van der Waals surface area contributed by atoms with Crippen LogP contribution in [-0.4, -0.2) is 21.5 Å². The average Bonchev–Trinajstić information content (AvgIpc) is 3.01. The van der Waals surface area contributed by atoms with E-state index >= 15 is 0 Å². The lowest BCUT2D eigenvalue weighted by Gasteiger charge is -2.43. The van der Waals surface area contributed by atoms with Crippen molar-refractivity contribution in [1.29, 1.82) is 0 Å². The number of hydrogen-bond donors (Lipinski definition) is 0. The summed E-state index contributed by atoms with van der Waals surface area (Å²) in [7, 11) is 0. The molecular weight excluding hydrogens is 404 g/mol. The summed E-state index contributed by atoms with van der Waals surface area (Å²) in [5.41, 5.74) is 3.76. The third-order valence-corrected chi connectivity index (χ3v) is 6.59. The monoisotopic (exact) mass is 424 g/mol. The van der Waals surface area contributed by atoms with Crippen LogP contribution in [0, 0.1) is 13.5 Å². The first-order chi connectivity index (χ1) is 15.1. The Morgan fingerprint density at radius 3 is 2.45 bits per heavy atom. The van der Waals surface area contributed by atoms with Crippen molar-refractivity contribution in [3.63, 3.8) is 0 Å². The van der Waals surface area contributed by atoms with Crippen molar-refractivity contribution < 1.29 is 4.79 Å². The Morgan fingerprint density at radius 2 is 1.81 bits per heavy atom. The second-order valence-corrected chi connectivity index (χ2v) is 8.34. The van der Waals surface area contributed by atoms with Crippen molar-refractivity contribution in [2.24, 2.45) is 0 Å². The molecule has 2 heterocycles. The summed E-state index contributed by atoms with van der Waals surface area (Å²) < 4.78 is 0. The number of aryl methyl sites for hydroxylation is 1. The number of amides is 1. The lowest BCUT2D eigenvalue weighted by Crippen LogP contribution is -2.55. The topological polar surface area (TPSA) is 40.8 Å². The molecule has 0 atom stereocenters. The van der Waals surface area contributed by atoms with E-state index in [0.717, 1.165) is 41.6 Å². The quantitative estimate of drug-likeness (QED) is 0.401. The number of rotatable bonds is 3. The molecule has 1 amide bonds. The van der Waals surface area contributed by atoms with Gasteiger partial charge in [-0.2, -0.15) is 0 Å². The van der Waals surface area contributed by atoms with Gasteiger partial charge in [-0.05, 0) is 61.7 Å². The number of carbonyl (C=O) groups is 1. The second-order valence-electron chi connectivity index (χ2n) is 7.97. The van der Waals surface area contributed by atoms with Crippen LogP contribution in [0.25, 0.3) is 16.0 Å². The summed E-state index contributed by atoms with van der Waals surface area (Å²) >= 11 is 5.91. The largest absolute Gasteiger partial charge is 0.360 e. The molecule has 2 fully saturated rings. The zero-order chi connectivity index (χ0) is 21.6. The Morgan fingerprint density at radius 1 is 1.10 bits per heavy atom. The molecule has 1 aliphatic heterocycles. The molecule has 1 spiro atoms. The van der Waals surface area contributed by atoms with Gasteiger partial charge in [0.25, 0.3) is 11.7 Å². The first kappa shape index (κ1) is 19.4. The molecule has 2 aliphatic rings. The Kier molecular flexibility index (Phi) is 4.57. The molecule has 0 radical (unpaired) electrons. The molecule has 5 rings (SSSR count). The summed E-state index contributed by atoms with van der Waals surface area (Å²) in [4.78, 5) is 25.0. The summed E-state index contributed by atoms with van der Waals surface area (Å²) in [6, 6.07) is 20.1. The molecule has 0 N–H and O–H groups in total. The molecule has 1 aromatic heterocycles. The van der Waals surface area contributed by atoms with E-state index in [0.29, 0.717) is 16.6 Å². The van der Waals surface area contributed by atoms with Crippen LogP contribution >= 0.6 is 12.2 Å². The fourth-order valence-electron chi connectivity index (χ4n) is 4.51. The highest BCUT2D eigenvalue weighted by atomic mass is 32.1. The minimum absolute atomic E-state index is 0.0108. The summed E-state index contributed by atoms with van der Waals surface area (Å²) in [6.45, 7) is 9.07. The van der Waals surface area contributed by atoms with E-state index in [-0.39, 0.29) is 5.91 Å². The lowest BCUT2D eigenvalue weighted by molar-refractivity contribution is -0.123. The van der Waals surface area contributed by atoms with Crippen LogP contribution in [0.5, 0.6) is 0 Å². The van der Waals surface area contributed by atoms with Crippen molar-refractivity contribution in [3.05, 3.63) is 83.8 Å². The SMILES string of the molecule is [C-]#[N+]c1ncc(N2C(=O)C3(CCC3)N(c3ccccc3-c3ccccc3)C2=S)cc1C. The molecule has 5 nitrogen and oxygen atoms in total. The van der Waals surface area contributed by atoms with E-state index in [2.05, 4.69) is 32.9 Å². The maximum absolute atomic E-state index is 13.7. The summed E-state index contributed by atoms with van der Waals surface area (Å²) in [5, 5.41) is 0.463. The third-order valence-electron chi connectivity index (χ3n) is 6.22. The van der Waals surface area contributed by atoms with Crippen LogP contribution in [0.3, 0.4) is 0 Å². The Labute approximate surface area is 186 Å². The maximum atomic E-state index is 13.7. The third kappa shape index (κ3) is 2.85. The van der Waals surface area contributed by atoms with Crippen molar-refractivity contribution >= 4 is 40.4 Å². The first-order valence-corrected chi connectivity index (χ1v) is 10.6. The zero-order valence-corrected chi connectivity index (χ0v) is 17.9. The van der Waals surface area contributed by atoms with Crippen LogP contribution in [0.15, 0.2) is 66.9 Å². The molecule has 152 valence electrons. The molecule has 0 bridgehead atoms. The predicted octanol–water partition coefficient (Wildman–Crippen LogP) is 5.67. The molecule has 1 aliphatic carbocycles. The maximum Gasteiger partial charge on any atom is 0.272 e. The van der Waals surface area contributed by atoms with Crippen LogP contribution < -0.4 is 9.80 Å². The van der Waals surface area contributed by atoms with E-state index in [4.69, 9.17) is 18.8 Å². The predicted molar refractivity (Wildman–Crippen MR) is 126 cm³/mol. The van der Waals surface area contributed by atoms with Gasteiger partial charge in [0.15, 0.2) is 5.11 Å². The standard InChI is InChI=1S/C25H20N4OS/c1-17-15-19(16-27-22(17)26-2)28-23(30)25(13-8-14-25)29(24(28)31)21-12-7-6-11-20(21)18-9-4-3-5-10-18/h3-7,9-12,15-16H,8,13-14H2,1H3. The number of para-hydroxylation sites is 1. The lowest BCUT2D eigenvalue weighted by atomic mass is 9.75. The van der Waals surface area contributed by atoms with Gasteiger partial charge >= 0.3 is 0 Å². The second kappa shape index (κ2) is 7.29.